The highest BCUT2D eigenvalue weighted by Crippen LogP contribution is 2.20. The molecule has 1 unspecified atom stereocenters. The van der Waals surface area contributed by atoms with Crippen molar-refractivity contribution in [1.82, 2.24) is 24.9 Å². The van der Waals surface area contributed by atoms with Crippen molar-refractivity contribution in [2.45, 2.75) is 18.9 Å². The summed E-state index contributed by atoms with van der Waals surface area (Å²) in [7, 11) is 0. The number of pyridine rings is 1. The summed E-state index contributed by atoms with van der Waals surface area (Å²) >= 11 is 3.39. The maximum absolute atomic E-state index is 13.2. The minimum atomic E-state index is -0.00170. The molecular formula is C19H19BrN6O. The standard InChI is InChI=1S/C19H19BrN6O/c20-14-7-8-18(21-12-14)24-15-4-3-11-25(13-15)19(27)16-5-1-2-6-17(16)26-22-9-10-23-26/h1-2,5-10,12,15H,3-4,11,13H2,(H,21,24). The van der Waals surface area contributed by atoms with E-state index in [4.69, 9.17) is 0 Å². The lowest BCUT2D eigenvalue weighted by Gasteiger charge is -2.33. The molecule has 0 aliphatic carbocycles. The number of likely N-dealkylation sites (tertiary alicyclic amines) is 1. The highest BCUT2D eigenvalue weighted by atomic mass is 79.9. The van der Waals surface area contributed by atoms with Crippen molar-refractivity contribution in [2.24, 2.45) is 0 Å². The van der Waals surface area contributed by atoms with Gasteiger partial charge in [0.25, 0.3) is 5.91 Å². The van der Waals surface area contributed by atoms with Gasteiger partial charge in [-0.05, 0) is 53.0 Å². The number of amides is 1. The molecule has 1 atom stereocenters. The van der Waals surface area contributed by atoms with Crippen LogP contribution in [0.15, 0.2) is 59.5 Å². The van der Waals surface area contributed by atoms with Crippen molar-refractivity contribution < 1.29 is 4.79 Å². The van der Waals surface area contributed by atoms with E-state index in [1.54, 1.807) is 18.6 Å². The zero-order valence-electron chi connectivity index (χ0n) is 14.6. The number of carbonyl (C=O) groups excluding carboxylic acids is 1. The average Bonchev–Trinajstić information content (AvgIpc) is 3.24. The van der Waals surface area contributed by atoms with Crippen molar-refractivity contribution >= 4 is 27.7 Å². The molecule has 3 aromatic rings. The summed E-state index contributed by atoms with van der Waals surface area (Å²) in [5, 5.41) is 11.8. The second-order valence-electron chi connectivity index (χ2n) is 6.43. The SMILES string of the molecule is O=C(c1ccccc1-n1nccn1)N1CCCC(Nc2ccc(Br)cn2)C1. The molecule has 1 aromatic carbocycles. The fraction of sp³-hybridized carbons (Fsp3) is 0.263. The Morgan fingerprint density at radius 1 is 1.15 bits per heavy atom. The van der Waals surface area contributed by atoms with Crippen LogP contribution in [0.4, 0.5) is 5.82 Å². The fourth-order valence-corrected chi connectivity index (χ4v) is 3.52. The van der Waals surface area contributed by atoms with Gasteiger partial charge in [0.2, 0.25) is 0 Å². The van der Waals surface area contributed by atoms with Crippen LogP contribution < -0.4 is 5.32 Å². The molecule has 0 saturated carbocycles. The molecule has 0 spiro atoms. The van der Waals surface area contributed by atoms with Gasteiger partial charge in [-0.2, -0.15) is 15.0 Å². The highest BCUT2D eigenvalue weighted by Gasteiger charge is 2.26. The van der Waals surface area contributed by atoms with E-state index >= 15 is 0 Å². The quantitative estimate of drug-likeness (QED) is 0.693. The summed E-state index contributed by atoms with van der Waals surface area (Å²) < 4.78 is 0.942. The van der Waals surface area contributed by atoms with Gasteiger partial charge in [-0.15, -0.1) is 0 Å². The molecule has 4 rings (SSSR count). The Balaban J connectivity index is 1.50. The van der Waals surface area contributed by atoms with Gasteiger partial charge in [0.15, 0.2) is 0 Å². The number of hydrogen-bond donors (Lipinski definition) is 1. The maximum atomic E-state index is 13.2. The van der Waals surface area contributed by atoms with Crippen LogP contribution in [0.2, 0.25) is 0 Å². The fourth-order valence-electron chi connectivity index (χ4n) is 3.29. The lowest BCUT2D eigenvalue weighted by atomic mass is 10.0. The summed E-state index contributed by atoms with van der Waals surface area (Å²) in [5.41, 5.74) is 1.30. The van der Waals surface area contributed by atoms with Crippen molar-refractivity contribution in [3.8, 4) is 5.69 Å². The minimum Gasteiger partial charge on any atom is -0.366 e. The third-order valence-corrected chi connectivity index (χ3v) is 5.03. The van der Waals surface area contributed by atoms with Crippen molar-refractivity contribution in [2.75, 3.05) is 18.4 Å². The summed E-state index contributed by atoms with van der Waals surface area (Å²) in [4.78, 5) is 20.9. The first-order valence-corrected chi connectivity index (χ1v) is 9.63. The van der Waals surface area contributed by atoms with Gasteiger partial charge in [-0.25, -0.2) is 4.98 Å². The third kappa shape index (κ3) is 4.00. The van der Waals surface area contributed by atoms with Gasteiger partial charge in [0.1, 0.15) is 5.82 Å². The number of nitrogens with one attached hydrogen (secondary N) is 1. The van der Waals surface area contributed by atoms with Crippen LogP contribution in [0.25, 0.3) is 5.69 Å². The lowest BCUT2D eigenvalue weighted by Crippen LogP contribution is -2.45. The second-order valence-corrected chi connectivity index (χ2v) is 7.35. The number of hydrogen-bond acceptors (Lipinski definition) is 5. The average molecular weight is 427 g/mol. The van der Waals surface area contributed by atoms with Crippen LogP contribution in [0.5, 0.6) is 0 Å². The van der Waals surface area contributed by atoms with E-state index in [0.29, 0.717) is 17.8 Å². The Morgan fingerprint density at radius 3 is 2.74 bits per heavy atom. The third-order valence-electron chi connectivity index (χ3n) is 4.56. The number of carbonyl (C=O) groups is 1. The highest BCUT2D eigenvalue weighted by molar-refractivity contribution is 9.10. The molecule has 1 fully saturated rings. The van der Waals surface area contributed by atoms with Crippen molar-refractivity contribution in [3.63, 3.8) is 0 Å². The summed E-state index contributed by atoms with van der Waals surface area (Å²) in [5.74, 6) is 0.816. The van der Waals surface area contributed by atoms with Gasteiger partial charge < -0.3 is 10.2 Å². The number of rotatable bonds is 4. The first-order chi connectivity index (χ1) is 13.2. The van der Waals surface area contributed by atoms with E-state index < -0.39 is 0 Å². The Labute approximate surface area is 165 Å². The molecule has 0 radical (unpaired) electrons. The minimum absolute atomic E-state index is 0.00170. The number of halogens is 1. The van der Waals surface area contributed by atoms with Crippen LogP contribution in [0.1, 0.15) is 23.2 Å². The van der Waals surface area contributed by atoms with E-state index in [0.717, 1.165) is 29.7 Å². The number of piperidine rings is 1. The topological polar surface area (TPSA) is 75.9 Å². The molecule has 1 amide bonds. The molecule has 1 aliphatic rings. The van der Waals surface area contributed by atoms with Crippen LogP contribution in [0.3, 0.4) is 0 Å². The molecule has 1 N–H and O–H groups in total. The maximum Gasteiger partial charge on any atom is 0.256 e. The van der Waals surface area contributed by atoms with Gasteiger partial charge >= 0.3 is 0 Å². The van der Waals surface area contributed by atoms with E-state index in [1.807, 2.05) is 41.3 Å². The molecule has 27 heavy (non-hydrogen) atoms. The van der Waals surface area contributed by atoms with Gasteiger partial charge in [-0.3, -0.25) is 4.79 Å². The van der Waals surface area contributed by atoms with Gasteiger partial charge in [0, 0.05) is 29.8 Å². The van der Waals surface area contributed by atoms with Crippen molar-refractivity contribution in [3.05, 3.63) is 65.0 Å². The Morgan fingerprint density at radius 2 is 1.96 bits per heavy atom. The van der Waals surface area contributed by atoms with E-state index in [1.165, 1.54) is 4.80 Å². The molecule has 7 nitrogen and oxygen atoms in total. The molecule has 8 heteroatoms. The predicted molar refractivity (Wildman–Crippen MR) is 106 cm³/mol. The first-order valence-electron chi connectivity index (χ1n) is 8.84. The second kappa shape index (κ2) is 7.87. The Bertz CT molecular complexity index is 912. The van der Waals surface area contributed by atoms with E-state index in [9.17, 15) is 4.79 Å². The molecule has 3 heterocycles. The molecule has 138 valence electrons. The largest absolute Gasteiger partial charge is 0.366 e. The van der Waals surface area contributed by atoms with Crippen molar-refractivity contribution in [1.29, 1.82) is 0 Å². The normalized spacial score (nSPS) is 16.9. The molecule has 2 aromatic heterocycles. The molecule has 0 bridgehead atoms. The number of aromatic nitrogens is 4. The van der Waals surface area contributed by atoms with Gasteiger partial charge in [0.05, 0.1) is 23.6 Å². The van der Waals surface area contributed by atoms with Crippen LogP contribution in [0, 0.1) is 0 Å². The zero-order valence-corrected chi connectivity index (χ0v) is 16.2. The number of benzene rings is 1. The van der Waals surface area contributed by atoms with E-state index in [2.05, 4.69) is 36.4 Å². The number of para-hydroxylation sites is 1. The Hall–Kier alpha value is -2.74. The molecule has 1 saturated heterocycles. The first kappa shape index (κ1) is 17.7. The van der Waals surface area contributed by atoms with Crippen LogP contribution in [-0.4, -0.2) is 49.9 Å². The van der Waals surface area contributed by atoms with Crippen LogP contribution in [-0.2, 0) is 0 Å². The number of nitrogens with zero attached hydrogens (tertiary/aromatic N) is 5. The summed E-state index contributed by atoms with van der Waals surface area (Å²) in [6.07, 6.45) is 6.92. The lowest BCUT2D eigenvalue weighted by molar-refractivity contribution is 0.0714. The molecular weight excluding hydrogens is 408 g/mol. The summed E-state index contributed by atoms with van der Waals surface area (Å²) in [6, 6.07) is 11.5. The Kier molecular flexibility index (Phi) is 5.15. The predicted octanol–water partition coefficient (Wildman–Crippen LogP) is 3.14. The van der Waals surface area contributed by atoms with Crippen LogP contribution >= 0.6 is 15.9 Å². The number of anilines is 1. The zero-order chi connectivity index (χ0) is 18.6. The smallest absolute Gasteiger partial charge is 0.256 e. The molecule has 1 aliphatic heterocycles. The van der Waals surface area contributed by atoms with E-state index in [-0.39, 0.29) is 11.9 Å². The van der Waals surface area contributed by atoms with Gasteiger partial charge in [-0.1, -0.05) is 12.1 Å². The summed E-state index contributed by atoms with van der Waals surface area (Å²) in [6.45, 7) is 1.38. The monoisotopic (exact) mass is 426 g/mol.